The Morgan fingerprint density at radius 2 is 1.82 bits per heavy atom. The van der Waals surface area contributed by atoms with Crippen molar-refractivity contribution in [2.75, 3.05) is 36.9 Å². The number of aryl methyl sites for hydroxylation is 1. The van der Waals surface area contributed by atoms with Gasteiger partial charge in [-0.05, 0) is 96.9 Å². The maximum absolute atomic E-state index is 14.2. The standard InChI is InChI=1S/C36H38BrClN6O4S/c1-4-47-29-19-25(18-26(37)33(29)48-20-30(45)43-16-10-5-11-17-43)32-31(34(46)40-28-15-9-6-12-22(28)2)23(3)39-35-41-36(42-44(32)35)49-21-24-13-7-8-14-27(24)38/h6-9,12-15,18-19,32H,4-5,10-11,16-17,20-21H2,1-3H3,(H,40,46)(H,39,41,42). The van der Waals surface area contributed by atoms with Crippen molar-refractivity contribution in [3.8, 4) is 11.5 Å². The summed E-state index contributed by atoms with van der Waals surface area (Å²) in [6, 6.07) is 18.4. The number of hydrogen-bond acceptors (Lipinski definition) is 8. The molecule has 0 aliphatic carbocycles. The number of likely N-dealkylation sites (tertiary alicyclic amines) is 1. The number of benzene rings is 3. The molecule has 3 heterocycles. The number of halogens is 2. The number of allylic oxidation sites excluding steroid dienone is 1. The number of nitrogens with zero attached hydrogens (tertiary/aromatic N) is 4. The Balaban J connectivity index is 1.36. The van der Waals surface area contributed by atoms with Gasteiger partial charge in [-0.2, -0.15) is 4.98 Å². The second kappa shape index (κ2) is 15.7. The first-order valence-electron chi connectivity index (χ1n) is 16.3. The molecule has 10 nitrogen and oxygen atoms in total. The number of fused-ring (bicyclic) bond motifs is 1. The van der Waals surface area contributed by atoms with Crippen molar-refractivity contribution in [1.82, 2.24) is 19.7 Å². The number of amides is 2. The zero-order valence-corrected chi connectivity index (χ0v) is 30.8. The van der Waals surface area contributed by atoms with E-state index >= 15 is 0 Å². The zero-order chi connectivity index (χ0) is 34.5. The van der Waals surface area contributed by atoms with E-state index < -0.39 is 6.04 Å². The molecular weight excluding hydrogens is 728 g/mol. The van der Waals surface area contributed by atoms with Crippen molar-refractivity contribution < 1.29 is 19.1 Å². The lowest BCUT2D eigenvalue weighted by molar-refractivity contribution is -0.134. The molecule has 1 saturated heterocycles. The second-order valence-electron chi connectivity index (χ2n) is 11.9. The van der Waals surface area contributed by atoms with Gasteiger partial charge in [0, 0.05) is 35.2 Å². The van der Waals surface area contributed by atoms with Crippen LogP contribution in [0.15, 0.2) is 81.6 Å². The minimum Gasteiger partial charge on any atom is -0.490 e. The van der Waals surface area contributed by atoms with Gasteiger partial charge < -0.3 is 25.0 Å². The summed E-state index contributed by atoms with van der Waals surface area (Å²) in [5, 5.41) is 12.5. The third-order valence-electron chi connectivity index (χ3n) is 8.48. The summed E-state index contributed by atoms with van der Waals surface area (Å²) in [4.78, 5) is 33.8. The number of aromatic nitrogens is 3. The fraction of sp³-hybridized carbons (Fsp3) is 0.333. The minimum atomic E-state index is -0.679. The molecule has 0 spiro atoms. The Labute approximate surface area is 303 Å². The Morgan fingerprint density at radius 3 is 2.57 bits per heavy atom. The number of anilines is 2. The van der Waals surface area contributed by atoms with Gasteiger partial charge in [0.05, 0.1) is 16.7 Å². The van der Waals surface area contributed by atoms with Gasteiger partial charge in [-0.25, -0.2) is 4.68 Å². The van der Waals surface area contributed by atoms with Gasteiger partial charge >= 0.3 is 0 Å². The average Bonchev–Trinajstić information content (AvgIpc) is 3.50. The molecule has 4 aromatic rings. The molecule has 1 atom stereocenters. The minimum absolute atomic E-state index is 0.0562. The van der Waals surface area contributed by atoms with Gasteiger partial charge in [0.15, 0.2) is 18.1 Å². The zero-order valence-electron chi connectivity index (χ0n) is 27.6. The molecule has 0 radical (unpaired) electrons. The first-order valence-corrected chi connectivity index (χ1v) is 18.4. The molecule has 1 fully saturated rings. The van der Waals surface area contributed by atoms with Crippen LogP contribution in [0, 0.1) is 6.92 Å². The van der Waals surface area contributed by atoms with Gasteiger partial charge in [0.2, 0.25) is 11.1 Å². The van der Waals surface area contributed by atoms with Crippen molar-refractivity contribution in [2.24, 2.45) is 0 Å². The van der Waals surface area contributed by atoms with Crippen molar-refractivity contribution in [3.05, 3.63) is 98.1 Å². The van der Waals surface area contributed by atoms with E-state index in [-0.39, 0.29) is 18.4 Å². The molecule has 2 aliphatic rings. The molecule has 2 amide bonds. The topological polar surface area (TPSA) is 111 Å². The van der Waals surface area contributed by atoms with Crippen LogP contribution in [0.5, 0.6) is 11.5 Å². The van der Waals surface area contributed by atoms with Crippen molar-refractivity contribution >= 4 is 62.7 Å². The number of thioether (sulfide) groups is 1. The monoisotopic (exact) mass is 764 g/mol. The smallest absolute Gasteiger partial charge is 0.260 e. The van der Waals surface area contributed by atoms with Crippen molar-refractivity contribution in [3.63, 3.8) is 0 Å². The Bertz CT molecular complexity index is 1890. The second-order valence-corrected chi connectivity index (χ2v) is 14.1. The molecule has 1 unspecified atom stereocenters. The summed E-state index contributed by atoms with van der Waals surface area (Å²) in [5.74, 6) is 1.60. The highest BCUT2D eigenvalue weighted by molar-refractivity contribution is 9.10. The molecule has 1 aromatic heterocycles. The van der Waals surface area contributed by atoms with Gasteiger partial charge in [-0.15, -0.1) is 5.10 Å². The van der Waals surface area contributed by atoms with Gasteiger partial charge in [0.25, 0.3) is 11.8 Å². The highest BCUT2D eigenvalue weighted by atomic mass is 79.9. The maximum atomic E-state index is 14.2. The fourth-order valence-electron chi connectivity index (χ4n) is 5.97. The molecule has 0 saturated carbocycles. The molecule has 0 bridgehead atoms. The van der Waals surface area contributed by atoms with Gasteiger partial charge in [0.1, 0.15) is 6.04 Å². The van der Waals surface area contributed by atoms with E-state index in [0.29, 0.717) is 61.4 Å². The number of carbonyl (C=O) groups is 2. The summed E-state index contributed by atoms with van der Waals surface area (Å²) in [5.41, 5.74) is 4.45. The number of hydrogen-bond donors (Lipinski definition) is 2. The van der Waals surface area contributed by atoms with Crippen LogP contribution in [0.4, 0.5) is 11.6 Å². The lowest BCUT2D eigenvalue weighted by Crippen LogP contribution is -2.38. The third kappa shape index (κ3) is 7.92. The summed E-state index contributed by atoms with van der Waals surface area (Å²) in [7, 11) is 0. The largest absolute Gasteiger partial charge is 0.490 e. The molecule has 49 heavy (non-hydrogen) atoms. The Kier molecular flexibility index (Phi) is 11.2. The molecule has 13 heteroatoms. The number of rotatable bonds is 11. The Morgan fingerprint density at radius 1 is 1.06 bits per heavy atom. The van der Waals surface area contributed by atoms with Crippen LogP contribution in [0.2, 0.25) is 5.02 Å². The number of ether oxygens (including phenoxy) is 2. The highest BCUT2D eigenvalue weighted by Gasteiger charge is 2.36. The molecule has 6 rings (SSSR count). The summed E-state index contributed by atoms with van der Waals surface area (Å²) < 4.78 is 14.5. The van der Waals surface area contributed by atoms with E-state index in [2.05, 4.69) is 26.6 Å². The van der Waals surface area contributed by atoms with E-state index in [9.17, 15) is 9.59 Å². The lowest BCUT2D eigenvalue weighted by atomic mass is 9.94. The average molecular weight is 766 g/mol. The predicted octanol–water partition coefficient (Wildman–Crippen LogP) is 8.01. The van der Waals surface area contributed by atoms with E-state index in [0.717, 1.165) is 49.0 Å². The quantitative estimate of drug-likeness (QED) is 0.148. The normalized spacial score (nSPS) is 15.8. The molecule has 3 aromatic carbocycles. The lowest BCUT2D eigenvalue weighted by Gasteiger charge is -2.29. The number of para-hydroxylation sites is 1. The maximum Gasteiger partial charge on any atom is 0.260 e. The van der Waals surface area contributed by atoms with Crippen LogP contribution in [0.3, 0.4) is 0 Å². The van der Waals surface area contributed by atoms with Crippen LogP contribution in [-0.4, -0.2) is 57.8 Å². The van der Waals surface area contributed by atoms with Crippen LogP contribution in [0.25, 0.3) is 0 Å². The molecule has 2 aliphatic heterocycles. The van der Waals surface area contributed by atoms with Gasteiger partial charge in [-0.3, -0.25) is 9.59 Å². The van der Waals surface area contributed by atoms with Crippen LogP contribution >= 0.6 is 39.3 Å². The molecule has 256 valence electrons. The van der Waals surface area contributed by atoms with Crippen LogP contribution in [-0.2, 0) is 15.3 Å². The first kappa shape index (κ1) is 34.8. The number of carbonyl (C=O) groups excluding carboxylic acids is 2. The first-order chi connectivity index (χ1) is 23.7. The van der Waals surface area contributed by atoms with Gasteiger partial charge in [-0.1, -0.05) is 59.8 Å². The van der Waals surface area contributed by atoms with Crippen LogP contribution < -0.4 is 20.1 Å². The SMILES string of the molecule is CCOc1cc(C2C(C(=O)Nc3ccccc3C)=C(C)Nc3nc(SCc4ccccc4Cl)nn32)cc(Br)c1OCC(=O)N1CCCCC1. The highest BCUT2D eigenvalue weighted by Crippen LogP contribution is 2.44. The fourth-order valence-corrected chi connectivity index (χ4v) is 7.66. The van der Waals surface area contributed by atoms with E-state index in [1.807, 2.05) is 86.3 Å². The van der Waals surface area contributed by atoms with Crippen molar-refractivity contribution in [1.29, 1.82) is 0 Å². The Hall–Kier alpha value is -4.00. The van der Waals surface area contributed by atoms with Crippen molar-refractivity contribution in [2.45, 2.75) is 57.0 Å². The predicted molar refractivity (Wildman–Crippen MR) is 197 cm³/mol. The number of nitrogens with one attached hydrogen (secondary N) is 2. The summed E-state index contributed by atoms with van der Waals surface area (Å²) in [6.07, 6.45) is 3.14. The van der Waals surface area contributed by atoms with E-state index in [1.54, 1.807) is 4.68 Å². The molecule has 2 N–H and O–H groups in total. The molecular formula is C36H38BrClN6O4S. The summed E-state index contributed by atoms with van der Waals surface area (Å²) in [6.45, 7) is 7.45. The third-order valence-corrected chi connectivity index (χ3v) is 10.3. The van der Waals surface area contributed by atoms with E-state index in [4.69, 9.17) is 31.2 Å². The van der Waals surface area contributed by atoms with Crippen LogP contribution in [0.1, 0.15) is 55.8 Å². The summed E-state index contributed by atoms with van der Waals surface area (Å²) >= 11 is 11.6. The van der Waals surface area contributed by atoms with E-state index in [1.165, 1.54) is 11.8 Å². The number of piperidine rings is 1.